The Kier molecular flexibility index (Phi) is 5.75. The lowest BCUT2D eigenvalue weighted by atomic mass is 10.1. The van der Waals surface area contributed by atoms with Crippen molar-refractivity contribution in [1.29, 1.82) is 0 Å². The first kappa shape index (κ1) is 16.3. The lowest BCUT2D eigenvalue weighted by Crippen LogP contribution is -2.37. The Bertz CT molecular complexity index is 634. The summed E-state index contributed by atoms with van der Waals surface area (Å²) in [5.41, 5.74) is 1.32. The Morgan fingerprint density at radius 2 is 1.91 bits per heavy atom. The molecule has 0 heterocycles. The molecule has 0 saturated carbocycles. The number of aliphatic hydroxyl groups is 1. The van der Waals surface area contributed by atoms with Crippen LogP contribution in [0.2, 0.25) is 5.02 Å². The molecule has 2 rings (SSSR count). The van der Waals surface area contributed by atoms with Crippen molar-refractivity contribution in [2.24, 2.45) is 0 Å². The Morgan fingerprint density at radius 3 is 2.59 bits per heavy atom. The zero-order chi connectivity index (χ0) is 15.9. The van der Waals surface area contributed by atoms with Crippen LogP contribution in [0.5, 0.6) is 0 Å². The monoisotopic (exact) mass is 322 g/mol. The van der Waals surface area contributed by atoms with E-state index in [1.165, 1.54) is 12.1 Å². The number of hydrogen-bond donors (Lipinski definition) is 3. The van der Waals surface area contributed by atoms with E-state index in [2.05, 4.69) is 10.6 Å². The van der Waals surface area contributed by atoms with Crippen molar-refractivity contribution in [3.63, 3.8) is 0 Å². The molecule has 6 heteroatoms. The fourth-order valence-electron chi connectivity index (χ4n) is 1.88. The van der Waals surface area contributed by atoms with Crippen LogP contribution < -0.4 is 10.6 Å². The first-order chi connectivity index (χ1) is 10.5. The number of amides is 2. The number of urea groups is 1. The summed E-state index contributed by atoms with van der Waals surface area (Å²) in [6.45, 7) is 0.275. The molecule has 0 radical (unpaired) electrons. The lowest BCUT2D eigenvalue weighted by molar-refractivity contribution is 0.173. The summed E-state index contributed by atoms with van der Waals surface area (Å²) in [6.07, 6.45) is -0.822. The van der Waals surface area contributed by atoms with Crippen molar-refractivity contribution in [2.75, 3.05) is 6.54 Å². The Hall–Kier alpha value is -2.11. The van der Waals surface area contributed by atoms with E-state index in [1.807, 2.05) is 0 Å². The van der Waals surface area contributed by atoms with Crippen molar-refractivity contribution in [2.45, 2.75) is 12.6 Å². The molecule has 0 saturated heterocycles. The molecule has 116 valence electrons. The maximum Gasteiger partial charge on any atom is 0.315 e. The first-order valence-electron chi connectivity index (χ1n) is 6.74. The predicted octanol–water partition coefficient (Wildman–Crippen LogP) is 3.01. The van der Waals surface area contributed by atoms with Gasteiger partial charge in [-0.1, -0.05) is 35.9 Å². The zero-order valence-electron chi connectivity index (χ0n) is 11.7. The van der Waals surface area contributed by atoms with Crippen LogP contribution in [0.4, 0.5) is 9.18 Å². The summed E-state index contributed by atoms with van der Waals surface area (Å²) >= 11 is 5.77. The SMILES string of the molecule is O=C(NCc1cccc(F)c1)NCC(O)c1ccc(Cl)cc1. The van der Waals surface area contributed by atoms with Crippen molar-refractivity contribution >= 4 is 17.6 Å². The van der Waals surface area contributed by atoms with Crippen LogP contribution in [0, 0.1) is 5.82 Å². The average molecular weight is 323 g/mol. The molecule has 0 bridgehead atoms. The van der Waals surface area contributed by atoms with Crippen LogP contribution in [0.1, 0.15) is 17.2 Å². The number of benzene rings is 2. The smallest absolute Gasteiger partial charge is 0.315 e. The van der Waals surface area contributed by atoms with E-state index in [-0.39, 0.29) is 18.9 Å². The maximum absolute atomic E-state index is 13.0. The van der Waals surface area contributed by atoms with E-state index in [0.717, 1.165) is 0 Å². The number of halogens is 2. The van der Waals surface area contributed by atoms with E-state index in [0.29, 0.717) is 16.1 Å². The third-order valence-electron chi connectivity index (χ3n) is 3.05. The van der Waals surface area contributed by atoms with E-state index < -0.39 is 12.1 Å². The van der Waals surface area contributed by atoms with Gasteiger partial charge in [0.1, 0.15) is 5.82 Å². The highest BCUT2D eigenvalue weighted by Crippen LogP contribution is 2.15. The zero-order valence-corrected chi connectivity index (χ0v) is 12.5. The van der Waals surface area contributed by atoms with E-state index >= 15 is 0 Å². The summed E-state index contributed by atoms with van der Waals surface area (Å²) < 4.78 is 13.0. The van der Waals surface area contributed by atoms with Crippen molar-refractivity contribution in [3.8, 4) is 0 Å². The Morgan fingerprint density at radius 1 is 1.18 bits per heavy atom. The topological polar surface area (TPSA) is 61.4 Å². The molecule has 4 nitrogen and oxygen atoms in total. The second-order valence-electron chi connectivity index (χ2n) is 4.76. The minimum absolute atomic E-state index is 0.0661. The average Bonchev–Trinajstić information content (AvgIpc) is 2.51. The third kappa shape index (κ3) is 5.02. The molecule has 2 aromatic carbocycles. The van der Waals surface area contributed by atoms with Gasteiger partial charge in [0.15, 0.2) is 0 Å². The summed E-state index contributed by atoms with van der Waals surface area (Å²) in [5.74, 6) is -0.349. The summed E-state index contributed by atoms with van der Waals surface area (Å²) in [5, 5.41) is 15.7. The standard InChI is InChI=1S/C16H16ClFN2O2/c17-13-6-4-12(5-7-13)15(21)10-20-16(22)19-9-11-2-1-3-14(18)8-11/h1-8,15,21H,9-10H2,(H2,19,20,22). The summed E-state index contributed by atoms with van der Waals surface area (Å²) in [6, 6.07) is 12.3. The summed E-state index contributed by atoms with van der Waals surface area (Å²) in [4.78, 5) is 11.6. The molecule has 0 spiro atoms. The molecule has 2 amide bonds. The fourth-order valence-corrected chi connectivity index (χ4v) is 2.01. The molecular formula is C16H16ClFN2O2. The molecule has 0 aliphatic carbocycles. The molecule has 1 unspecified atom stereocenters. The molecule has 0 aliphatic heterocycles. The van der Waals surface area contributed by atoms with Crippen LogP contribution >= 0.6 is 11.6 Å². The van der Waals surface area contributed by atoms with Gasteiger partial charge in [-0.15, -0.1) is 0 Å². The molecule has 2 aromatic rings. The number of carbonyl (C=O) groups excluding carboxylic acids is 1. The van der Waals surface area contributed by atoms with Crippen LogP contribution in [-0.2, 0) is 6.54 Å². The van der Waals surface area contributed by atoms with Gasteiger partial charge >= 0.3 is 6.03 Å². The van der Waals surface area contributed by atoms with Gasteiger partial charge in [-0.05, 0) is 35.4 Å². The minimum Gasteiger partial charge on any atom is -0.387 e. The molecule has 22 heavy (non-hydrogen) atoms. The van der Waals surface area contributed by atoms with Gasteiger partial charge in [-0.3, -0.25) is 0 Å². The van der Waals surface area contributed by atoms with Gasteiger partial charge in [-0.2, -0.15) is 0 Å². The van der Waals surface area contributed by atoms with Crippen molar-refractivity contribution in [3.05, 3.63) is 70.5 Å². The molecule has 0 aromatic heterocycles. The first-order valence-corrected chi connectivity index (χ1v) is 7.12. The quantitative estimate of drug-likeness (QED) is 0.792. The third-order valence-corrected chi connectivity index (χ3v) is 3.30. The van der Waals surface area contributed by atoms with Gasteiger partial charge in [0, 0.05) is 18.1 Å². The second-order valence-corrected chi connectivity index (χ2v) is 5.20. The lowest BCUT2D eigenvalue weighted by Gasteiger charge is -2.13. The number of nitrogens with one attached hydrogen (secondary N) is 2. The van der Waals surface area contributed by atoms with Gasteiger partial charge in [0.05, 0.1) is 6.10 Å². The normalized spacial score (nSPS) is 11.8. The molecule has 0 aliphatic rings. The van der Waals surface area contributed by atoms with E-state index in [4.69, 9.17) is 11.6 Å². The highest BCUT2D eigenvalue weighted by Gasteiger charge is 2.09. The number of aliphatic hydroxyl groups excluding tert-OH is 1. The molecule has 0 fully saturated rings. The van der Waals surface area contributed by atoms with Gasteiger partial charge in [-0.25, -0.2) is 9.18 Å². The largest absolute Gasteiger partial charge is 0.387 e. The second kappa shape index (κ2) is 7.77. The number of hydrogen-bond acceptors (Lipinski definition) is 2. The minimum atomic E-state index is -0.822. The van der Waals surface area contributed by atoms with Crippen LogP contribution in [0.3, 0.4) is 0 Å². The highest BCUT2D eigenvalue weighted by atomic mass is 35.5. The van der Waals surface area contributed by atoms with Crippen molar-refractivity contribution in [1.82, 2.24) is 10.6 Å². The Balaban J connectivity index is 1.76. The molecule has 3 N–H and O–H groups in total. The number of rotatable bonds is 5. The van der Waals surface area contributed by atoms with Gasteiger partial charge in [0.25, 0.3) is 0 Å². The Labute approximate surface area is 132 Å². The van der Waals surface area contributed by atoms with Gasteiger partial charge < -0.3 is 15.7 Å². The van der Waals surface area contributed by atoms with Crippen LogP contribution in [0.15, 0.2) is 48.5 Å². The van der Waals surface area contributed by atoms with Gasteiger partial charge in [0.2, 0.25) is 0 Å². The van der Waals surface area contributed by atoms with E-state index in [9.17, 15) is 14.3 Å². The maximum atomic E-state index is 13.0. The highest BCUT2D eigenvalue weighted by molar-refractivity contribution is 6.30. The van der Waals surface area contributed by atoms with Crippen LogP contribution in [0.25, 0.3) is 0 Å². The molecular weight excluding hydrogens is 307 g/mol. The molecule has 1 atom stereocenters. The number of carbonyl (C=O) groups is 1. The van der Waals surface area contributed by atoms with Crippen LogP contribution in [-0.4, -0.2) is 17.7 Å². The van der Waals surface area contributed by atoms with Crippen molar-refractivity contribution < 1.29 is 14.3 Å². The summed E-state index contributed by atoms with van der Waals surface area (Å²) in [7, 11) is 0. The predicted molar refractivity (Wildman–Crippen MR) is 83.1 cm³/mol. The van der Waals surface area contributed by atoms with E-state index in [1.54, 1.807) is 36.4 Å². The fraction of sp³-hybridized carbons (Fsp3) is 0.188.